The van der Waals surface area contributed by atoms with Crippen molar-refractivity contribution < 1.29 is 0 Å². The van der Waals surface area contributed by atoms with E-state index in [-0.39, 0.29) is 0 Å². The minimum atomic E-state index is 0.895. The van der Waals surface area contributed by atoms with Gasteiger partial charge in [-0.25, -0.2) is 4.98 Å². The van der Waals surface area contributed by atoms with Crippen molar-refractivity contribution in [1.29, 1.82) is 0 Å². The molecular weight excluding hydrogens is 278 g/mol. The van der Waals surface area contributed by atoms with Crippen molar-refractivity contribution in [2.75, 3.05) is 5.32 Å². The van der Waals surface area contributed by atoms with Gasteiger partial charge in [0.15, 0.2) is 0 Å². The van der Waals surface area contributed by atoms with Gasteiger partial charge in [0, 0.05) is 22.9 Å². The van der Waals surface area contributed by atoms with Crippen molar-refractivity contribution in [3.8, 4) is 0 Å². The highest BCUT2D eigenvalue weighted by Gasteiger charge is 2.05. The van der Waals surface area contributed by atoms with E-state index in [0.717, 1.165) is 28.3 Å². The molecule has 17 heavy (non-hydrogen) atoms. The minimum absolute atomic E-state index is 0.895. The van der Waals surface area contributed by atoms with E-state index in [1.807, 2.05) is 25.3 Å². The van der Waals surface area contributed by atoms with Crippen LogP contribution in [0, 0.1) is 13.8 Å². The standard InChI is InChI=1S/C13H16BrN3/c1-4-17-8-10(3)15-13(17)16-11-5-6-12(14)9(2)7-11/h5-8H,4H2,1-3H3,(H,15,16). The van der Waals surface area contributed by atoms with Gasteiger partial charge in [-0.15, -0.1) is 0 Å². The SMILES string of the molecule is CCn1cc(C)nc1Nc1ccc(Br)c(C)c1. The van der Waals surface area contributed by atoms with Gasteiger partial charge >= 0.3 is 0 Å². The molecule has 0 amide bonds. The number of rotatable bonds is 3. The lowest BCUT2D eigenvalue weighted by molar-refractivity contribution is 0.771. The molecule has 1 aromatic heterocycles. The average Bonchev–Trinajstić information content (AvgIpc) is 2.64. The topological polar surface area (TPSA) is 29.9 Å². The lowest BCUT2D eigenvalue weighted by atomic mass is 10.2. The summed E-state index contributed by atoms with van der Waals surface area (Å²) in [5.41, 5.74) is 3.30. The Balaban J connectivity index is 2.27. The monoisotopic (exact) mass is 293 g/mol. The zero-order valence-electron chi connectivity index (χ0n) is 10.3. The minimum Gasteiger partial charge on any atom is -0.326 e. The van der Waals surface area contributed by atoms with Crippen LogP contribution in [0.15, 0.2) is 28.9 Å². The van der Waals surface area contributed by atoms with Gasteiger partial charge in [-0.1, -0.05) is 15.9 Å². The van der Waals surface area contributed by atoms with Crippen molar-refractivity contribution in [2.45, 2.75) is 27.3 Å². The molecule has 0 bridgehead atoms. The molecule has 0 unspecified atom stereocenters. The largest absolute Gasteiger partial charge is 0.326 e. The third kappa shape index (κ3) is 2.69. The van der Waals surface area contributed by atoms with Gasteiger partial charge in [0.05, 0.1) is 5.69 Å². The fourth-order valence-electron chi connectivity index (χ4n) is 1.74. The molecule has 1 heterocycles. The summed E-state index contributed by atoms with van der Waals surface area (Å²) in [6.07, 6.45) is 2.05. The maximum absolute atomic E-state index is 4.47. The maximum atomic E-state index is 4.47. The third-order valence-electron chi connectivity index (χ3n) is 2.65. The van der Waals surface area contributed by atoms with Crippen molar-refractivity contribution in [3.63, 3.8) is 0 Å². The number of halogens is 1. The fraction of sp³-hybridized carbons (Fsp3) is 0.308. The Hall–Kier alpha value is -1.29. The summed E-state index contributed by atoms with van der Waals surface area (Å²) in [5, 5.41) is 3.34. The average molecular weight is 294 g/mol. The predicted molar refractivity (Wildman–Crippen MR) is 74.8 cm³/mol. The molecular formula is C13H16BrN3. The number of hydrogen-bond donors (Lipinski definition) is 1. The second-order valence-electron chi connectivity index (χ2n) is 4.08. The molecule has 2 aromatic rings. The highest BCUT2D eigenvalue weighted by Crippen LogP contribution is 2.22. The highest BCUT2D eigenvalue weighted by molar-refractivity contribution is 9.10. The lowest BCUT2D eigenvalue weighted by Crippen LogP contribution is -2.01. The molecule has 0 atom stereocenters. The molecule has 0 aliphatic heterocycles. The van der Waals surface area contributed by atoms with E-state index in [1.54, 1.807) is 0 Å². The summed E-state index contributed by atoms with van der Waals surface area (Å²) in [4.78, 5) is 4.47. The van der Waals surface area contributed by atoms with Gasteiger partial charge in [0.1, 0.15) is 0 Å². The van der Waals surface area contributed by atoms with Crippen molar-refractivity contribution >= 4 is 27.6 Å². The van der Waals surface area contributed by atoms with Gasteiger partial charge < -0.3 is 9.88 Å². The van der Waals surface area contributed by atoms with Crippen molar-refractivity contribution in [1.82, 2.24) is 9.55 Å². The van der Waals surface area contributed by atoms with Gasteiger partial charge in [0.2, 0.25) is 5.95 Å². The Morgan fingerprint density at radius 2 is 2.12 bits per heavy atom. The van der Waals surface area contributed by atoms with Crippen molar-refractivity contribution in [3.05, 3.63) is 40.1 Å². The first-order chi connectivity index (χ1) is 8.10. The Kier molecular flexibility index (Phi) is 3.52. The fourth-order valence-corrected chi connectivity index (χ4v) is 1.99. The summed E-state index contributed by atoms with van der Waals surface area (Å²) >= 11 is 3.50. The van der Waals surface area contributed by atoms with Gasteiger partial charge in [-0.3, -0.25) is 0 Å². The summed E-state index contributed by atoms with van der Waals surface area (Å²) in [6, 6.07) is 6.19. The third-order valence-corrected chi connectivity index (χ3v) is 3.54. The second-order valence-corrected chi connectivity index (χ2v) is 4.94. The number of anilines is 2. The number of nitrogens with one attached hydrogen (secondary N) is 1. The number of hydrogen-bond acceptors (Lipinski definition) is 2. The van der Waals surface area contributed by atoms with E-state index in [1.165, 1.54) is 5.56 Å². The summed E-state index contributed by atoms with van der Waals surface area (Å²) in [5.74, 6) is 0.895. The van der Waals surface area contributed by atoms with E-state index in [0.29, 0.717) is 0 Å². The number of aromatic nitrogens is 2. The van der Waals surface area contributed by atoms with E-state index in [9.17, 15) is 0 Å². The smallest absolute Gasteiger partial charge is 0.207 e. The molecule has 2 rings (SSSR count). The van der Waals surface area contributed by atoms with Crippen LogP contribution in [0.25, 0.3) is 0 Å². The number of nitrogens with zero attached hydrogens (tertiary/aromatic N) is 2. The zero-order chi connectivity index (χ0) is 12.4. The lowest BCUT2D eigenvalue weighted by Gasteiger charge is -2.09. The normalized spacial score (nSPS) is 10.6. The molecule has 0 saturated heterocycles. The van der Waals surface area contributed by atoms with Crippen LogP contribution in [-0.2, 0) is 6.54 Å². The van der Waals surface area contributed by atoms with E-state index in [2.05, 4.69) is 50.7 Å². The number of benzene rings is 1. The molecule has 0 aliphatic carbocycles. The van der Waals surface area contributed by atoms with Crippen LogP contribution in [0.1, 0.15) is 18.2 Å². The number of imidazole rings is 1. The molecule has 1 N–H and O–H groups in total. The van der Waals surface area contributed by atoms with Crippen LogP contribution in [0.2, 0.25) is 0 Å². The van der Waals surface area contributed by atoms with Crippen LogP contribution in [0.3, 0.4) is 0 Å². The first-order valence-electron chi connectivity index (χ1n) is 5.67. The Labute approximate surface area is 110 Å². The van der Waals surface area contributed by atoms with E-state index >= 15 is 0 Å². The van der Waals surface area contributed by atoms with Gasteiger partial charge in [0.25, 0.3) is 0 Å². The highest BCUT2D eigenvalue weighted by atomic mass is 79.9. The molecule has 0 radical (unpaired) electrons. The molecule has 0 fully saturated rings. The first-order valence-corrected chi connectivity index (χ1v) is 6.46. The zero-order valence-corrected chi connectivity index (χ0v) is 11.9. The number of aryl methyl sites for hydroxylation is 3. The van der Waals surface area contributed by atoms with Crippen LogP contribution < -0.4 is 5.32 Å². The Bertz CT molecular complexity index is 531. The predicted octanol–water partition coefficient (Wildman–Crippen LogP) is 4.03. The molecule has 0 spiro atoms. The van der Waals surface area contributed by atoms with Gasteiger partial charge in [-0.2, -0.15) is 0 Å². The van der Waals surface area contributed by atoms with Crippen LogP contribution >= 0.6 is 15.9 Å². The molecule has 0 aliphatic rings. The van der Waals surface area contributed by atoms with E-state index in [4.69, 9.17) is 0 Å². The molecule has 3 nitrogen and oxygen atoms in total. The van der Waals surface area contributed by atoms with Crippen LogP contribution in [0.4, 0.5) is 11.6 Å². The van der Waals surface area contributed by atoms with Gasteiger partial charge in [-0.05, 0) is 44.5 Å². The van der Waals surface area contributed by atoms with Crippen LogP contribution in [-0.4, -0.2) is 9.55 Å². The molecule has 1 aromatic carbocycles. The first kappa shape index (κ1) is 12.2. The quantitative estimate of drug-likeness (QED) is 0.926. The molecule has 0 saturated carbocycles. The van der Waals surface area contributed by atoms with E-state index < -0.39 is 0 Å². The Morgan fingerprint density at radius 1 is 1.35 bits per heavy atom. The summed E-state index contributed by atoms with van der Waals surface area (Å²) in [7, 11) is 0. The molecule has 4 heteroatoms. The summed E-state index contributed by atoms with van der Waals surface area (Å²) < 4.78 is 3.23. The van der Waals surface area contributed by atoms with Crippen LogP contribution in [0.5, 0.6) is 0 Å². The van der Waals surface area contributed by atoms with Crippen molar-refractivity contribution in [2.24, 2.45) is 0 Å². The Morgan fingerprint density at radius 3 is 2.76 bits per heavy atom. The second kappa shape index (κ2) is 4.92. The maximum Gasteiger partial charge on any atom is 0.207 e. The molecule has 90 valence electrons. The summed E-state index contributed by atoms with van der Waals surface area (Å²) in [6.45, 7) is 7.11.